The number of hydrogen-bond acceptors (Lipinski definition) is 7. The molecular weight excluding hydrogens is 360 g/mol. The summed E-state index contributed by atoms with van der Waals surface area (Å²) < 4.78 is 27.8. The van der Waals surface area contributed by atoms with Crippen LogP contribution in [0.5, 0.6) is 0 Å². The highest BCUT2D eigenvalue weighted by Crippen LogP contribution is 2.18. The Morgan fingerprint density at radius 2 is 2.19 bits per heavy atom. The van der Waals surface area contributed by atoms with Crippen molar-refractivity contribution in [2.75, 3.05) is 18.1 Å². The smallest absolute Gasteiger partial charge is 0.273 e. The van der Waals surface area contributed by atoms with Crippen LogP contribution in [0, 0.1) is 0 Å². The lowest BCUT2D eigenvalue weighted by molar-refractivity contribution is -0.121. The van der Waals surface area contributed by atoms with Crippen molar-refractivity contribution in [1.29, 1.82) is 0 Å². The number of carbonyl (C=O) groups excluding carboxylic acids is 2. The van der Waals surface area contributed by atoms with Crippen molar-refractivity contribution >= 4 is 21.7 Å². The van der Waals surface area contributed by atoms with Gasteiger partial charge in [-0.3, -0.25) is 14.6 Å². The molecule has 0 aromatic carbocycles. The van der Waals surface area contributed by atoms with Gasteiger partial charge in [0.05, 0.1) is 11.5 Å². The van der Waals surface area contributed by atoms with Gasteiger partial charge in [-0.1, -0.05) is 5.16 Å². The number of rotatable bonds is 6. The molecule has 138 valence electrons. The minimum atomic E-state index is -3.04. The molecule has 3 heterocycles. The van der Waals surface area contributed by atoms with Gasteiger partial charge in [0.1, 0.15) is 0 Å². The maximum Gasteiger partial charge on any atom is 0.273 e. The summed E-state index contributed by atoms with van der Waals surface area (Å²) in [6.07, 6.45) is 3.70. The second-order valence-corrected chi connectivity index (χ2v) is 8.22. The van der Waals surface area contributed by atoms with Gasteiger partial charge in [-0.25, -0.2) is 8.42 Å². The van der Waals surface area contributed by atoms with E-state index in [1.807, 2.05) is 0 Å². The van der Waals surface area contributed by atoms with Crippen LogP contribution in [0.2, 0.25) is 0 Å². The molecule has 2 N–H and O–H groups in total. The molecule has 0 aliphatic carbocycles. The van der Waals surface area contributed by atoms with Gasteiger partial charge in [-0.05, 0) is 18.6 Å². The average Bonchev–Trinajstić information content (AvgIpc) is 3.22. The van der Waals surface area contributed by atoms with E-state index in [9.17, 15) is 18.0 Å². The van der Waals surface area contributed by atoms with Crippen LogP contribution >= 0.6 is 0 Å². The molecule has 1 aliphatic heterocycles. The molecule has 0 radical (unpaired) electrons. The molecular formula is C16H18N4O5S. The van der Waals surface area contributed by atoms with Crippen molar-refractivity contribution < 1.29 is 22.5 Å². The van der Waals surface area contributed by atoms with Gasteiger partial charge in [0, 0.05) is 43.0 Å². The minimum Gasteiger partial charge on any atom is -0.355 e. The average molecular weight is 378 g/mol. The molecule has 10 heteroatoms. The van der Waals surface area contributed by atoms with Gasteiger partial charge < -0.3 is 15.2 Å². The Morgan fingerprint density at radius 3 is 2.88 bits per heavy atom. The number of aromatic nitrogens is 2. The first kappa shape index (κ1) is 18.1. The first-order valence-electron chi connectivity index (χ1n) is 8.08. The predicted octanol–water partition coefficient (Wildman–Crippen LogP) is 0.160. The van der Waals surface area contributed by atoms with Gasteiger partial charge in [-0.2, -0.15) is 0 Å². The molecule has 1 aliphatic rings. The van der Waals surface area contributed by atoms with Gasteiger partial charge in [0.15, 0.2) is 21.3 Å². The third-order valence-electron chi connectivity index (χ3n) is 3.92. The normalized spacial score (nSPS) is 18.4. The summed E-state index contributed by atoms with van der Waals surface area (Å²) in [4.78, 5) is 27.8. The Labute approximate surface area is 150 Å². The molecule has 0 spiro atoms. The number of carbonyl (C=O) groups is 2. The number of nitrogens with one attached hydrogen (secondary N) is 2. The summed E-state index contributed by atoms with van der Waals surface area (Å²) >= 11 is 0. The van der Waals surface area contributed by atoms with E-state index >= 15 is 0 Å². The fourth-order valence-corrected chi connectivity index (χ4v) is 4.29. The van der Waals surface area contributed by atoms with Gasteiger partial charge in [0.2, 0.25) is 5.91 Å². The Balaban J connectivity index is 1.44. The van der Waals surface area contributed by atoms with Crippen molar-refractivity contribution in [2.45, 2.75) is 18.9 Å². The lowest BCUT2D eigenvalue weighted by Gasteiger charge is -2.10. The Morgan fingerprint density at radius 1 is 1.35 bits per heavy atom. The van der Waals surface area contributed by atoms with Crippen molar-refractivity contribution in [3.8, 4) is 11.3 Å². The molecule has 1 fully saturated rings. The maximum absolute atomic E-state index is 12.0. The number of amides is 2. The molecule has 9 nitrogen and oxygen atoms in total. The zero-order chi connectivity index (χ0) is 18.6. The molecule has 26 heavy (non-hydrogen) atoms. The van der Waals surface area contributed by atoms with E-state index in [2.05, 4.69) is 20.8 Å². The van der Waals surface area contributed by atoms with Crippen molar-refractivity contribution in [1.82, 2.24) is 20.8 Å². The van der Waals surface area contributed by atoms with E-state index in [0.717, 1.165) is 0 Å². The minimum absolute atomic E-state index is 0.0266. The van der Waals surface area contributed by atoms with Crippen molar-refractivity contribution in [3.63, 3.8) is 0 Å². The summed E-state index contributed by atoms with van der Waals surface area (Å²) in [5.74, 6) is -0.270. The van der Waals surface area contributed by atoms with E-state index in [1.165, 1.54) is 6.07 Å². The highest BCUT2D eigenvalue weighted by Gasteiger charge is 2.28. The van der Waals surface area contributed by atoms with Crippen LogP contribution in [-0.2, 0) is 14.6 Å². The number of sulfone groups is 1. The summed E-state index contributed by atoms with van der Waals surface area (Å²) in [5.41, 5.74) is 0.802. The monoisotopic (exact) mass is 378 g/mol. The highest BCUT2D eigenvalue weighted by atomic mass is 32.2. The Kier molecular flexibility index (Phi) is 5.31. The summed E-state index contributed by atoms with van der Waals surface area (Å²) in [7, 11) is -3.04. The number of nitrogens with zero attached hydrogens (tertiary/aromatic N) is 2. The second-order valence-electron chi connectivity index (χ2n) is 5.99. The van der Waals surface area contributed by atoms with Gasteiger partial charge in [-0.15, -0.1) is 0 Å². The SMILES string of the molecule is O=C(CCNC(=O)c1cc(-c2cccnc2)on1)N[C@@H]1CCS(=O)(=O)C1. The van der Waals surface area contributed by atoms with Crippen LogP contribution in [0.15, 0.2) is 35.1 Å². The molecule has 0 unspecified atom stereocenters. The quantitative estimate of drug-likeness (QED) is 0.732. The second kappa shape index (κ2) is 7.65. The molecule has 2 aromatic rings. The molecule has 2 aromatic heterocycles. The van der Waals surface area contributed by atoms with E-state index in [-0.39, 0.29) is 42.1 Å². The third kappa shape index (κ3) is 4.66. The van der Waals surface area contributed by atoms with Gasteiger partial charge >= 0.3 is 0 Å². The largest absolute Gasteiger partial charge is 0.355 e. The van der Waals surface area contributed by atoms with E-state index in [1.54, 1.807) is 24.5 Å². The molecule has 1 atom stereocenters. The van der Waals surface area contributed by atoms with Crippen LogP contribution in [0.4, 0.5) is 0 Å². The number of hydrogen-bond donors (Lipinski definition) is 2. The first-order chi connectivity index (χ1) is 12.4. The molecule has 1 saturated heterocycles. The Hall–Kier alpha value is -2.75. The lowest BCUT2D eigenvalue weighted by Crippen LogP contribution is -2.37. The third-order valence-corrected chi connectivity index (χ3v) is 5.69. The van der Waals surface area contributed by atoms with E-state index < -0.39 is 15.7 Å². The summed E-state index contributed by atoms with van der Waals surface area (Å²) in [6, 6.07) is 4.67. The molecule has 3 rings (SSSR count). The maximum atomic E-state index is 12.0. The first-order valence-corrected chi connectivity index (χ1v) is 9.90. The van der Waals surface area contributed by atoms with E-state index in [4.69, 9.17) is 4.52 Å². The van der Waals surface area contributed by atoms with Gasteiger partial charge in [0.25, 0.3) is 5.91 Å². The zero-order valence-electron chi connectivity index (χ0n) is 13.8. The van der Waals surface area contributed by atoms with Crippen LogP contribution in [0.25, 0.3) is 11.3 Å². The number of pyridine rings is 1. The fraction of sp³-hybridized carbons (Fsp3) is 0.375. The molecule has 0 bridgehead atoms. The molecule has 2 amide bonds. The van der Waals surface area contributed by atoms with Crippen molar-refractivity contribution in [2.24, 2.45) is 0 Å². The summed E-state index contributed by atoms with van der Waals surface area (Å²) in [5, 5.41) is 8.95. The lowest BCUT2D eigenvalue weighted by atomic mass is 10.2. The Bertz CT molecular complexity index is 894. The van der Waals surface area contributed by atoms with Crippen LogP contribution in [0.1, 0.15) is 23.3 Å². The fourth-order valence-electron chi connectivity index (χ4n) is 2.62. The van der Waals surface area contributed by atoms with Crippen LogP contribution in [0.3, 0.4) is 0 Å². The topological polar surface area (TPSA) is 131 Å². The predicted molar refractivity (Wildman–Crippen MR) is 91.9 cm³/mol. The summed E-state index contributed by atoms with van der Waals surface area (Å²) in [6.45, 7) is 0.110. The van der Waals surface area contributed by atoms with Crippen LogP contribution < -0.4 is 10.6 Å². The molecule has 0 saturated carbocycles. The highest BCUT2D eigenvalue weighted by molar-refractivity contribution is 7.91. The van der Waals surface area contributed by atoms with Crippen LogP contribution in [-0.4, -0.2) is 54.5 Å². The van der Waals surface area contributed by atoms with E-state index in [0.29, 0.717) is 17.7 Å². The van der Waals surface area contributed by atoms with Crippen molar-refractivity contribution in [3.05, 3.63) is 36.3 Å². The zero-order valence-corrected chi connectivity index (χ0v) is 14.7. The standard InChI is InChI=1S/C16H18N4O5S/c21-15(19-12-4-7-26(23,24)10-12)3-6-18-16(22)13-8-14(25-20-13)11-2-1-5-17-9-11/h1-2,5,8-9,12H,3-4,6-7,10H2,(H,18,22)(H,19,21)/t12-/m1/s1.